The van der Waals surface area contributed by atoms with Crippen LogP contribution >= 0.6 is 11.8 Å². The number of carbonyl (C=O) groups is 1. The summed E-state index contributed by atoms with van der Waals surface area (Å²) in [6.07, 6.45) is -0.0578. The van der Waals surface area contributed by atoms with E-state index in [-0.39, 0.29) is 47.0 Å². The number of ether oxygens (including phenoxy) is 2. The molecule has 1 saturated carbocycles. The van der Waals surface area contributed by atoms with Gasteiger partial charge in [0, 0.05) is 25.0 Å². The second-order valence-corrected chi connectivity index (χ2v) is 10.1. The monoisotopic (exact) mass is 494 g/mol. The van der Waals surface area contributed by atoms with E-state index in [2.05, 4.69) is 15.0 Å². The molecule has 4 rings (SSSR count). The minimum Gasteiger partial charge on any atom is -0.471 e. The highest BCUT2D eigenvalue weighted by molar-refractivity contribution is 8.15. The number of Topliss-reactive ketones (excluding diaryl/α,β-unsaturated/α-hetero) is 1. The second-order valence-electron chi connectivity index (χ2n) is 8.75. The Kier molecular flexibility index (Phi) is 6.61. The number of nitrogens with zero attached hydrogens (tertiary/aromatic N) is 3. The summed E-state index contributed by atoms with van der Waals surface area (Å²) < 4.78 is 51.6. The number of halogens is 3. The first-order chi connectivity index (χ1) is 16.1. The van der Waals surface area contributed by atoms with Crippen LogP contribution in [-0.4, -0.2) is 51.9 Å². The lowest BCUT2D eigenvalue weighted by Gasteiger charge is -2.34. The van der Waals surface area contributed by atoms with E-state index in [1.165, 1.54) is 30.6 Å². The SMILES string of the molecule is COC[C@H](C)Oc1cnc(C(=O)Cc2ccc(F)c([C@@]3(C)N=C(N)S[C@@]4(C(F)F)C[C@@H]34)c2)cn1. The molecule has 1 aliphatic carbocycles. The van der Waals surface area contributed by atoms with Gasteiger partial charge in [0.15, 0.2) is 11.0 Å². The van der Waals surface area contributed by atoms with Crippen molar-refractivity contribution in [3.8, 4) is 5.88 Å². The maximum Gasteiger partial charge on any atom is 0.253 e. The predicted molar refractivity (Wildman–Crippen MR) is 122 cm³/mol. The van der Waals surface area contributed by atoms with Crippen LogP contribution in [0.3, 0.4) is 0 Å². The van der Waals surface area contributed by atoms with E-state index in [1.54, 1.807) is 14.0 Å². The van der Waals surface area contributed by atoms with Crippen LogP contribution in [0.5, 0.6) is 5.88 Å². The Morgan fingerprint density at radius 1 is 1.32 bits per heavy atom. The first kappa shape index (κ1) is 24.5. The fourth-order valence-corrected chi connectivity index (χ4v) is 5.78. The second kappa shape index (κ2) is 9.18. The Labute approximate surface area is 199 Å². The maximum atomic E-state index is 14.9. The molecule has 1 aliphatic heterocycles. The van der Waals surface area contributed by atoms with Crippen LogP contribution in [0.1, 0.15) is 41.9 Å². The number of aromatic nitrogens is 2. The first-order valence-corrected chi connectivity index (χ1v) is 11.5. The van der Waals surface area contributed by atoms with Crippen LogP contribution in [0.4, 0.5) is 13.2 Å². The molecule has 1 aromatic carbocycles. The number of aliphatic imine (C=N–C) groups is 1. The van der Waals surface area contributed by atoms with Gasteiger partial charge in [-0.2, -0.15) is 0 Å². The molecule has 182 valence electrons. The smallest absolute Gasteiger partial charge is 0.253 e. The number of rotatable bonds is 9. The van der Waals surface area contributed by atoms with Crippen LogP contribution in [0.2, 0.25) is 0 Å². The zero-order valence-corrected chi connectivity index (χ0v) is 19.7. The molecule has 1 aromatic heterocycles. The standard InChI is InChI=1S/C23H25F3N4O3S/c1-12(11-32-3)33-19-10-28-16(9-29-19)17(31)7-13-4-5-15(24)14(6-13)22(2)18-8-23(18,20(25)26)34-21(27)30-22/h4-6,9-10,12,18,20H,7-8,11H2,1-3H3,(H2,27,30)/t12-,18-,22+,23-/m0/s1. The summed E-state index contributed by atoms with van der Waals surface area (Å²) in [5, 5.41) is 0.00910. The highest BCUT2D eigenvalue weighted by atomic mass is 32.2. The van der Waals surface area contributed by atoms with Crippen molar-refractivity contribution in [2.24, 2.45) is 16.6 Å². The molecule has 0 radical (unpaired) electrons. The van der Waals surface area contributed by atoms with Crippen LogP contribution in [0.15, 0.2) is 35.6 Å². The molecule has 2 heterocycles. The zero-order valence-electron chi connectivity index (χ0n) is 18.9. The molecule has 0 saturated heterocycles. The van der Waals surface area contributed by atoms with Crippen molar-refractivity contribution in [2.75, 3.05) is 13.7 Å². The molecule has 0 spiro atoms. The third-order valence-electron chi connectivity index (χ3n) is 6.22. The summed E-state index contributed by atoms with van der Waals surface area (Å²) in [6.45, 7) is 3.81. The average molecular weight is 495 g/mol. The molecule has 2 aromatic rings. The molecule has 4 atom stereocenters. The van der Waals surface area contributed by atoms with E-state index in [4.69, 9.17) is 15.2 Å². The number of benzene rings is 1. The predicted octanol–water partition coefficient (Wildman–Crippen LogP) is 3.76. The van der Waals surface area contributed by atoms with Gasteiger partial charge in [-0.1, -0.05) is 17.8 Å². The Morgan fingerprint density at radius 3 is 2.74 bits per heavy atom. The molecule has 1 fully saturated rings. The number of methoxy groups -OCH3 is 1. The van der Waals surface area contributed by atoms with E-state index >= 15 is 0 Å². The first-order valence-electron chi connectivity index (χ1n) is 10.7. The van der Waals surface area contributed by atoms with E-state index in [0.717, 1.165) is 11.8 Å². The summed E-state index contributed by atoms with van der Waals surface area (Å²) in [7, 11) is 1.56. The summed E-state index contributed by atoms with van der Waals surface area (Å²) in [5.41, 5.74) is 5.40. The number of hydrogen-bond acceptors (Lipinski definition) is 8. The molecule has 2 N–H and O–H groups in total. The number of ketones is 1. The average Bonchev–Trinajstić information content (AvgIpc) is 3.52. The number of hydrogen-bond donors (Lipinski definition) is 1. The molecule has 2 aliphatic rings. The summed E-state index contributed by atoms with van der Waals surface area (Å²) >= 11 is 0.862. The summed E-state index contributed by atoms with van der Waals surface area (Å²) in [4.78, 5) is 25.3. The third-order valence-corrected chi connectivity index (χ3v) is 7.53. The van der Waals surface area contributed by atoms with Crippen LogP contribution in [0, 0.1) is 11.7 Å². The van der Waals surface area contributed by atoms with E-state index in [1.807, 2.05) is 6.92 Å². The van der Waals surface area contributed by atoms with E-state index < -0.39 is 28.4 Å². The zero-order chi connectivity index (χ0) is 24.7. The highest BCUT2D eigenvalue weighted by Crippen LogP contribution is 2.68. The lowest BCUT2D eigenvalue weighted by atomic mass is 9.84. The van der Waals surface area contributed by atoms with Crippen LogP contribution < -0.4 is 10.5 Å². The van der Waals surface area contributed by atoms with Gasteiger partial charge in [-0.25, -0.2) is 23.1 Å². The largest absolute Gasteiger partial charge is 0.471 e. The topological polar surface area (TPSA) is 99.7 Å². The van der Waals surface area contributed by atoms with Crippen molar-refractivity contribution in [1.29, 1.82) is 0 Å². The molecule has 34 heavy (non-hydrogen) atoms. The van der Waals surface area contributed by atoms with Gasteiger partial charge in [0.1, 0.15) is 17.6 Å². The Hall–Kier alpha value is -2.66. The number of nitrogens with two attached hydrogens (primary N) is 1. The molecular weight excluding hydrogens is 469 g/mol. The Balaban J connectivity index is 1.53. The van der Waals surface area contributed by atoms with Crippen LogP contribution in [0.25, 0.3) is 0 Å². The van der Waals surface area contributed by atoms with Gasteiger partial charge in [-0.05, 0) is 38.0 Å². The van der Waals surface area contributed by atoms with Gasteiger partial charge in [-0.3, -0.25) is 9.79 Å². The molecule has 0 amide bonds. The van der Waals surface area contributed by atoms with Crippen molar-refractivity contribution < 1.29 is 27.4 Å². The van der Waals surface area contributed by atoms with Gasteiger partial charge in [0.25, 0.3) is 6.43 Å². The normalized spacial score (nSPS) is 26.6. The highest BCUT2D eigenvalue weighted by Gasteiger charge is 2.71. The molecule has 0 bridgehead atoms. The number of amidine groups is 1. The minimum absolute atomic E-state index is 0.00910. The number of alkyl halides is 2. The molecule has 7 nitrogen and oxygen atoms in total. The fraction of sp³-hybridized carbons (Fsp3) is 0.478. The van der Waals surface area contributed by atoms with E-state index in [0.29, 0.717) is 12.2 Å². The van der Waals surface area contributed by atoms with Gasteiger partial charge in [0.05, 0.1) is 29.3 Å². The van der Waals surface area contributed by atoms with Crippen molar-refractivity contribution in [3.63, 3.8) is 0 Å². The Bertz CT molecular complexity index is 1120. The van der Waals surface area contributed by atoms with Crippen molar-refractivity contribution >= 4 is 22.7 Å². The van der Waals surface area contributed by atoms with Crippen molar-refractivity contribution in [3.05, 3.63) is 53.2 Å². The summed E-state index contributed by atoms with van der Waals surface area (Å²) in [5.74, 6) is -1.21. The van der Waals surface area contributed by atoms with Gasteiger partial charge < -0.3 is 15.2 Å². The molecular formula is C23H25F3N4O3S. The number of carbonyl (C=O) groups excluding carboxylic acids is 1. The van der Waals surface area contributed by atoms with Crippen molar-refractivity contribution in [2.45, 2.75) is 49.5 Å². The minimum atomic E-state index is -2.60. The van der Waals surface area contributed by atoms with Gasteiger partial charge in [0.2, 0.25) is 5.88 Å². The number of thioether (sulfide) groups is 1. The molecule has 0 unspecified atom stereocenters. The maximum absolute atomic E-state index is 14.9. The number of fused-ring (bicyclic) bond motifs is 1. The fourth-order valence-electron chi connectivity index (χ4n) is 4.45. The van der Waals surface area contributed by atoms with Crippen molar-refractivity contribution in [1.82, 2.24) is 9.97 Å². The van der Waals surface area contributed by atoms with Gasteiger partial charge in [-0.15, -0.1) is 0 Å². The summed E-state index contributed by atoms with van der Waals surface area (Å²) in [6, 6.07) is 4.21. The van der Waals surface area contributed by atoms with Gasteiger partial charge >= 0.3 is 0 Å². The Morgan fingerprint density at radius 2 is 2.09 bits per heavy atom. The lowest BCUT2D eigenvalue weighted by Crippen LogP contribution is -2.39. The molecule has 11 heteroatoms. The quantitative estimate of drug-likeness (QED) is 0.530. The van der Waals surface area contributed by atoms with Crippen LogP contribution in [-0.2, 0) is 16.7 Å². The third kappa shape index (κ3) is 4.50. The van der Waals surface area contributed by atoms with E-state index in [9.17, 15) is 18.0 Å². The lowest BCUT2D eigenvalue weighted by molar-refractivity contribution is 0.0884.